The highest BCUT2D eigenvalue weighted by Crippen LogP contribution is 2.12. The standard InChI is InChI=1S/C21H34N6O.HI/c1-16(2)19(27-11-13-28-14-12-27)15-24-21(22-3)23-10-6-9-20-25-17-7-4-5-8-18(17)26-20;/h4-5,7-8,16,19H,6,9-15H2,1-3H3,(H,25,26)(H2,22,23,24);1H. The molecule has 2 aromatic rings. The van der Waals surface area contributed by atoms with Crippen molar-refractivity contribution in [2.24, 2.45) is 10.9 Å². The lowest BCUT2D eigenvalue weighted by molar-refractivity contribution is 0.00752. The molecule has 162 valence electrons. The van der Waals surface area contributed by atoms with Gasteiger partial charge in [-0.15, -0.1) is 24.0 Å². The third kappa shape index (κ3) is 7.11. The highest BCUT2D eigenvalue weighted by atomic mass is 127. The molecule has 0 bridgehead atoms. The third-order valence-electron chi connectivity index (χ3n) is 5.31. The van der Waals surface area contributed by atoms with Gasteiger partial charge in [-0.25, -0.2) is 4.98 Å². The molecular weight excluding hydrogens is 479 g/mol. The minimum Gasteiger partial charge on any atom is -0.379 e. The Hall–Kier alpha value is -1.39. The van der Waals surface area contributed by atoms with Crippen LogP contribution in [0.4, 0.5) is 0 Å². The van der Waals surface area contributed by atoms with Crippen molar-refractivity contribution in [3.63, 3.8) is 0 Å². The SMILES string of the molecule is CN=C(NCCCc1nc2ccccc2[nH]1)NCC(C(C)C)N1CCOCC1.I. The minimum absolute atomic E-state index is 0. The molecule has 1 aliphatic heterocycles. The highest BCUT2D eigenvalue weighted by Gasteiger charge is 2.23. The average Bonchev–Trinajstić information content (AvgIpc) is 3.13. The van der Waals surface area contributed by atoms with E-state index in [-0.39, 0.29) is 24.0 Å². The number of hydrogen-bond acceptors (Lipinski definition) is 4. The number of hydrogen-bond donors (Lipinski definition) is 3. The monoisotopic (exact) mass is 514 g/mol. The molecule has 1 fully saturated rings. The Morgan fingerprint density at radius 3 is 2.69 bits per heavy atom. The number of morpholine rings is 1. The molecule has 8 heteroatoms. The van der Waals surface area contributed by atoms with Crippen LogP contribution in [0.1, 0.15) is 26.1 Å². The first kappa shape index (κ1) is 23.9. The molecule has 3 rings (SSSR count). The summed E-state index contributed by atoms with van der Waals surface area (Å²) in [6.45, 7) is 10.00. The molecule has 1 unspecified atom stereocenters. The number of aliphatic imine (C=N–C) groups is 1. The second-order valence-electron chi connectivity index (χ2n) is 7.64. The lowest BCUT2D eigenvalue weighted by Crippen LogP contribution is -2.52. The van der Waals surface area contributed by atoms with E-state index < -0.39 is 0 Å². The Kier molecular flexibility index (Phi) is 10.2. The number of rotatable bonds is 8. The summed E-state index contributed by atoms with van der Waals surface area (Å²) in [4.78, 5) is 14.9. The van der Waals surface area contributed by atoms with Crippen LogP contribution in [-0.4, -0.2) is 73.3 Å². The number of guanidine groups is 1. The normalized spacial score (nSPS) is 16.6. The van der Waals surface area contributed by atoms with Gasteiger partial charge in [-0.2, -0.15) is 0 Å². The van der Waals surface area contributed by atoms with E-state index in [1.165, 1.54) is 0 Å². The molecule has 1 aromatic carbocycles. The van der Waals surface area contributed by atoms with Crippen LogP contribution in [0.2, 0.25) is 0 Å². The zero-order chi connectivity index (χ0) is 19.8. The maximum Gasteiger partial charge on any atom is 0.191 e. The number of H-pyrrole nitrogens is 1. The van der Waals surface area contributed by atoms with E-state index in [4.69, 9.17) is 4.74 Å². The molecule has 3 N–H and O–H groups in total. The summed E-state index contributed by atoms with van der Waals surface area (Å²) in [5.41, 5.74) is 2.14. The smallest absolute Gasteiger partial charge is 0.191 e. The van der Waals surface area contributed by atoms with Gasteiger partial charge >= 0.3 is 0 Å². The van der Waals surface area contributed by atoms with E-state index in [2.05, 4.69) is 50.4 Å². The molecule has 29 heavy (non-hydrogen) atoms. The number of nitrogens with one attached hydrogen (secondary N) is 3. The maximum absolute atomic E-state index is 5.49. The Labute approximate surface area is 191 Å². The van der Waals surface area contributed by atoms with Crippen molar-refractivity contribution >= 4 is 41.0 Å². The molecule has 0 amide bonds. The van der Waals surface area contributed by atoms with Crippen LogP contribution in [0.3, 0.4) is 0 Å². The molecule has 0 saturated carbocycles. The molecule has 0 radical (unpaired) electrons. The van der Waals surface area contributed by atoms with Crippen LogP contribution in [0, 0.1) is 5.92 Å². The first-order chi connectivity index (χ1) is 13.7. The van der Waals surface area contributed by atoms with Gasteiger partial charge in [0, 0.05) is 45.7 Å². The lowest BCUT2D eigenvalue weighted by Gasteiger charge is -2.37. The zero-order valence-corrected chi connectivity index (χ0v) is 20.1. The molecule has 2 heterocycles. The maximum atomic E-state index is 5.49. The molecule has 1 saturated heterocycles. The van der Waals surface area contributed by atoms with Crippen LogP contribution in [0.15, 0.2) is 29.3 Å². The van der Waals surface area contributed by atoms with Crippen molar-refractivity contribution in [1.29, 1.82) is 0 Å². The first-order valence-electron chi connectivity index (χ1n) is 10.4. The minimum atomic E-state index is 0. The lowest BCUT2D eigenvalue weighted by atomic mass is 10.0. The average molecular weight is 514 g/mol. The Morgan fingerprint density at radius 2 is 2.00 bits per heavy atom. The Bertz CT molecular complexity index is 723. The number of imidazole rings is 1. The number of nitrogens with zero attached hydrogens (tertiary/aromatic N) is 3. The Balaban J connectivity index is 0.00000300. The summed E-state index contributed by atoms with van der Waals surface area (Å²) < 4.78 is 5.49. The summed E-state index contributed by atoms with van der Waals surface area (Å²) in [6.07, 6.45) is 1.92. The van der Waals surface area contributed by atoms with Gasteiger partial charge in [0.15, 0.2) is 5.96 Å². The van der Waals surface area contributed by atoms with E-state index in [1.54, 1.807) is 0 Å². The molecule has 1 atom stereocenters. The van der Waals surface area contributed by atoms with Crippen LogP contribution >= 0.6 is 24.0 Å². The van der Waals surface area contributed by atoms with Crippen LogP contribution in [0.5, 0.6) is 0 Å². The molecule has 1 aromatic heterocycles. The Morgan fingerprint density at radius 1 is 1.24 bits per heavy atom. The highest BCUT2D eigenvalue weighted by molar-refractivity contribution is 14.0. The van der Waals surface area contributed by atoms with Gasteiger partial charge in [0.1, 0.15) is 5.82 Å². The summed E-state index contributed by atoms with van der Waals surface area (Å²) in [7, 11) is 1.83. The summed E-state index contributed by atoms with van der Waals surface area (Å²) in [5.74, 6) is 2.48. The molecule has 0 aliphatic carbocycles. The van der Waals surface area contributed by atoms with Gasteiger partial charge in [0.25, 0.3) is 0 Å². The van der Waals surface area contributed by atoms with Gasteiger partial charge in [-0.1, -0.05) is 26.0 Å². The summed E-state index contributed by atoms with van der Waals surface area (Å²) in [5, 5.41) is 6.93. The van der Waals surface area contributed by atoms with Crippen molar-refractivity contribution in [2.45, 2.75) is 32.7 Å². The van der Waals surface area contributed by atoms with Crippen LogP contribution in [-0.2, 0) is 11.2 Å². The van der Waals surface area contributed by atoms with Crippen molar-refractivity contribution in [1.82, 2.24) is 25.5 Å². The molecule has 0 spiro atoms. The molecular formula is C21H35IN6O. The van der Waals surface area contributed by atoms with E-state index >= 15 is 0 Å². The fourth-order valence-corrected chi connectivity index (χ4v) is 3.70. The van der Waals surface area contributed by atoms with E-state index in [0.717, 1.165) is 75.1 Å². The second-order valence-corrected chi connectivity index (χ2v) is 7.64. The molecule has 7 nitrogen and oxygen atoms in total. The van der Waals surface area contributed by atoms with Gasteiger partial charge < -0.3 is 20.4 Å². The van der Waals surface area contributed by atoms with Crippen LogP contribution < -0.4 is 10.6 Å². The number of aromatic nitrogens is 2. The van der Waals surface area contributed by atoms with Crippen molar-refractivity contribution in [2.75, 3.05) is 46.4 Å². The first-order valence-corrected chi connectivity index (χ1v) is 10.4. The van der Waals surface area contributed by atoms with Crippen molar-refractivity contribution in [3.05, 3.63) is 30.1 Å². The van der Waals surface area contributed by atoms with Gasteiger partial charge in [-0.05, 0) is 24.5 Å². The number of benzene rings is 1. The number of aryl methyl sites for hydroxylation is 1. The quantitative estimate of drug-likeness (QED) is 0.219. The molecule has 1 aliphatic rings. The number of aromatic amines is 1. The van der Waals surface area contributed by atoms with E-state index in [1.807, 2.05) is 25.2 Å². The van der Waals surface area contributed by atoms with Gasteiger partial charge in [0.2, 0.25) is 0 Å². The number of ether oxygens (including phenoxy) is 1. The number of para-hydroxylation sites is 2. The predicted octanol–water partition coefficient (Wildman–Crippen LogP) is 2.64. The van der Waals surface area contributed by atoms with Crippen LogP contribution in [0.25, 0.3) is 11.0 Å². The number of halogens is 1. The van der Waals surface area contributed by atoms with Crippen molar-refractivity contribution < 1.29 is 4.74 Å². The topological polar surface area (TPSA) is 77.6 Å². The van der Waals surface area contributed by atoms with Gasteiger partial charge in [-0.3, -0.25) is 9.89 Å². The second kappa shape index (κ2) is 12.3. The third-order valence-corrected chi connectivity index (χ3v) is 5.31. The van der Waals surface area contributed by atoms with E-state index in [0.29, 0.717) is 12.0 Å². The number of fused-ring (bicyclic) bond motifs is 1. The van der Waals surface area contributed by atoms with Crippen molar-refractivity contribution in [3.8, 4) is 0 Å². The summed E-state index contributed by atoms with van der Waals surface area (Å²) >= 11 is 0. The zero-order valence-electron chi connectivity index (χ0n) is 17.8. The van der Waals surface area contributed by atoms with Gasteiger partial charge in [0.05, 0.1) is 24.2 Å². The fourth-order valence-electron chi connectivity index (χ4n) is 3.70. The predicted molar refractivity (Wildman–Crippen MR) is 130 cm³/mol. The summed E-state index contributed by atoms with van der Waals surface area (Å²) in [6, 6.07) is 8.64. The largest absolute Gasteiger partial charge is 0.379 e. The fraction of sp³-hybridized carbons (Fsp3) is 0.619. The van der Waals surface area contributed by atoms with E-state index in [9.17, 15) is 0 Å².